The van der Waals surface area contributed by atoms with Crippen molar-refractivity contribution in [1.82, 2.24) is 0 Å². The van der Waals surface area contributed by atoms with E-state index in [1.54, 1.807) is 30.3 Å². The van der Waals surface area contributed by atoms with Crippen molar-refractivity contribution in [2.24, 2.45) is 5.16 Å². The van der Waals surface area contributed by atoms with Gasteiger partial charge in [0.25, 0.3) is 5.69 Å². The first-order valence-corrected chi connectivity index (χ1v) is 9.31. The van der Waals surface area contributed by atoms with Gasteiger partial charge in [-0.05, 0) is 30.5 Å². The van der Waals surface area contributed by atoms with E-state index in [0.29, 0.717) is 5.56 Å². The first-order valence-electron chi connectivity index (χ1n) is 6.68. The summed E-state index contributed by atoms with van der Waals surface area (Å²) >= 11 is 1.52. The van der Waals surface area contributed by atoms with E-state index in [2.05, 4.69) is 9.44 Å². The van der Waals surface area contributed by atoms with Crippen molar-refractivity contribution >= 4 is 33.3 Å². The number of benzene rings is 2. The van der Waals surface area contributed by atoms with Crippen LogP contribution < -0.4 is 0 Å². The molecule has 0 spiro atoms. The maximum atomic E-state index is 12.1. The van der Waals surface area contributed by atoms with Gasteiger partial charge in [-0.2, -0.15) is 13.7 Å². The fraction of sp³-hybridized carbons (Fsp3) is 0.0667. The van der Waals surface area contributed by atoms with Gasteiger partial charge >= 0.3 is 10.1 Å². The van der Waals surface area contributed by atoms with Crippen molar-refractivity contribution in [2.75, 3.05) is 6.26 Å². The Kier molecular flexibility index (Phi) is 5.74. The molecule has 25 heavy (non-hydrogen) atoms. The van der Waals surface area contributed by atoms with Crippen molar-refractivity contribution in [3.8, 4) is 6.07 Å². The molecule has 0 bridgehead atoms. The summed E-state index contributed by atoms with van der Waals surface area (Å²) in [6.45, 7) is 0. The van der Waals surface area contributed by atoms with Crippen LogP contribution in [0, 0.1) is 21.4 Å². The van der Waals surface area contributed by atoms with Gasteiger partial charge in [0.1, 0.15) is 11.0 Å². The number of thioether (sulfide) groups is 1. The molecule has 0 saturated heterocycles. The molecule has 128 valence electrons. The number of oxime groups is 1. The molecule has 0 radical (unpaired) electrons. The third-order valence-electron chi connectivity index (χ3n) is 3.03. The topological polar surface area (TPSA) is 123 Å². The number of nitro benzene ring substituents is 1. The minimum absolute atomic E-state index is 0.210. The highest BCUT2D eigenvalue weighted by Crippen LogP contribution is 2.19. The summed E-state index contributed by atoms with van der Waals surface area (Å²) in [5, 5.41) is 23.1. The molecular formula is C15H11N3O5S2. The van der Waals surface area contributed by atoms with Gasteiger partial charge in [-0.25, -0.2) is 0 Å². The van der Waals surface area contributed by atoms with Crippen molar-refractivity contribution in [2.45, 2.75) is 9.79 Å². The van der Waals surface area contributed by atoms with Crippen LogP contribution >= 0.6 is 11.8 Å². The average molecular weight is 377 g/mol. The molecule has 0 N–H and O–H groups in total. The molecule has 2 aromatic rings. The molecule has 0 amide bonds. The first-order chi connectivity index (χ1) is 11.9. The third-order valence-corrected chi connectivity index (χ3v) is 4.90. The average Bonchev–Trinajstić information content (AvgIpc) is 2.62. The molecule has 0 aromatic heterocycles. The fourth-order valence-electron chi connectivity index (χ4n) is 1.75. The Hall–Kier alpha value is -2.90. The second-order valence-electron chi connectivity index (χ2n) is 4.56. The molecular weight excluding hydrogens is 366 g/mol. The highest BCUT2D eigenvalue weighted by molar-refractivity contribution is 7.98. The second kappa shape index (κ2) is 7.78. The molecule has 0 saturated carbocycles. The van der Waals surface area contributed by atoms with E-state index in [1.807, 2.05) is 6.26 Å². The molecule has 0 fully saturated rings. The normalized spacial score (nSPS) is 11.6. The Morgan fingerprint density at radius 2 is 1.80 bits per heavy atom. The van der Waals surface area contributed by atoms with Crippen LogP contribution in [0.1, 0.15) is 5.56 Å². The van der Waals surface area contributed by atoms with E-state index >= 15 is 0 Å². The second-order valence-corrected chi connectivity index (χ2v) is 6.97. The highest BCUT2D eigenvalue weighted by Gasteiger charge is 2.18. The molecule has 0 heterocycles. The Bertz CT molecular complexity index is 946. The Morgan fingerprint density at radius 1 is 1.20 bits per heavy atom. The van der Waals surface area contributed by atoms with Gasteiger partial charge in [0.05, 0.1) is 4.92 Å². The number of nitro groups is 1. The summed E-state index contributed by atoms with van der Waals surface area (Å²) < 4.78 is 28.6. The minimum Gasteiger partial charge on any atom is -0.263 e. The van der Waals surface area contributed by atoms with E-state index < -0.39 is 15.0 Å². The lowest BCUT2D eigenvalue weighted by atomic mass is 10.1. The Labute approximate surface area is 148 Å². The van der Waals surface area contributed by atoms with Gasteiger partial charge in [0.2, 0.25) is 0 Å². The van der Waals surface area contributed by atoms with Crippen molar-refractivity contribution in [3.05, 3.63) is 64.2 Å². The van der Waals surface area contributed by atoms with Crippen LogP contribution in [-0.2, 0) is 14.4 Å². The molecule has 8 nitrogen and oxygen atoms in total. The highest BCUT2D eigenvalue weighted by atomic mass is 32.2. The van der Waals surface area contributed by atoms with Crippen LogP contribution in [0.25, 0.3) is 0 Å². The predicted molar refractivity (Wildman–Crippen MR) is 91.7 cm³/mol. The van der Waals surface area contributed by atoms with Crippen LogP contribution in [0.5, 0.6) is 0 Å². The van der Waals surface area contributed by atoms with Crippen LogP contribution in [0.2, 0.25) is 0 Å². The van der Waals surface area contributed by atoms with Gasteiger partial charge < -0.3 is 0 Å². The number of hydrogen-bond donors (Lipinski definition) is 0. The van der Waals surface area contributed by atoms with E-state index in [1.165, 1.54) is 11.8 Å². The van der Waals surface area contributed by atoms with Crippen molar-refractivity contribution in [1.29, 1.82) is 5.26 Å². The maximum Gasteiger partial charge on any atom is 0.358 e. The molecule has 2 rings (SSSR count). The third kappa shape index (κ3) is 4.56. The van der Waals surface area contributed by atoms with Gasteiger partial charge in [0.15, 0.2) is 5.71 Å². The lowest BCUT2D eigenvalue weighted by molar-refractivity contribution is -0.384. The van der Waals surface area contributed by atoms with E-state index in [0.717, 1.165) is 29.2 Å². The lowest BCUT2D eigenvalue weighted by Crippen LogP contribution is -2.06. The van der Waals surface area contributed by atoms with Gasteiger partial charge in [-0.1, -0.05) is 17.3 Å². The van der Waals surface area contributed by atoms with Gasteiger partial charge in [-0.15, -0.1) is 11.8 Å². The number of non-ortho nitro benzene ring substituents is 1. The fourth-order valence-corrected chi connectivity index (χ4v) is 2.89. The first kappa shape index (κ1) is 18.4. The zero-order valence-corrected chi connectivity index (χ0v) is 14.5. The Balaban J connectivity index is 2.24. The van der Waals surface area contributed by atoms with Crippen molar-refractivity contribution in [3.63, 3.8) is 0 Å². The molecule has 0 aliphatic carbocycles. The SMILES string of the molecule is CSc1ccc(/C(C#N)=N\OS(=O)(=O)c2ccc([N+](=O)[O-])cc2)cc1. The number of hydrogen-bond acceptors (Lipinski definition) is 8. The van der Waals surface area contributed by atoms with E-state index in [4.69, 9.17) is 5.26 Å². The number of nitriles is 1. The summed E-state index contributed by atoms with van der Waals surface area (Å²) in [6.07, 6.45) is 1.90. The van der Waals surface area contributed by atoms with Crippen LogP contribution in [0.15, 0.2) is 63.5 Å². The summed E-state index contributed by atoms with van der Waals surface area (Å²) in [5.41, 5.74) is -0.0635. The summed E-state index contributed by atoms with van der Waals surface area (Å²) in [6, 6.07) is 12.7. The summed E-state index contributed by atoms with van der Waals surface area (Å²) in [5.74, 6) is 0. The van der Waals surface area contributed by atoms with Crippen LogP contribution in [0.3, 0.4) is 0 Å². The van der Waals surface area contributed by atoms with Crippen LogP contribution in [-0.4, -0.2) is 25.3 Å². The van der Waals surface area contributed by atoms with Crippen LogP contribution in [0.4, 0.5) is 5.69 Å². The monoisotopic (exact) mass is 377 g/mol. The maximum absolute atomic E-state index is 12.1. The number of rotatable bonds is 6. The zero-order valence-electron chi connectivity index (χ0n) is 12.8. The molecule has 0 atom stereocenters. The predicted octanol–water partition coefficient (Wildman–Crippen LogP) is 2.95. The largest absolute Gasteiger partial charge is 0.358 e. The smallest absolute Gasteiger partial charge is 0.263 e. The quantitative estimate of drug-likeness (QED) is 0.328. The molecule has 0 unspecified atom stereocenters. The van der Waals surface area contributed by atoms with E-state index in [-0.39, 0.29) is 16.3 Å². The standard InChI is InChI=1S/C15H11N3O5S2/c1-24-13-6-2-11(3-7-13)15(10-16)17-23-25(21,22)14-8-4-12(5-9-14)18(19)20/h2-9H,1H3/b17-15-. The molecule has 0 aliphatic rings. The summed E-state index contributed by atoms with van der Waals surface area (Å²) in [7, 11) is -4.29. The number of nitrogens with zero attached hydrogens (tertiary/aromatic N) is 3. The molecule has 2 aromatic carbocycles. The summed E-state index contributed by atoms with van der Waals surface area (Å²) in [4.78, 5) is 10.6. The van der Waals surface area contributed by atoms with Gasteiger partial charge in [-0.3, -0.25) is 14.4 Å². The lowest BCUT2D eigenvalue weighted by Gasteiger charge is -2.03. The van der Waals surface area contributed by atoms with Crippen molar-refractivity contribution < 1.29 is 17.6 Å². The minimum atomic E-state index is -4.29. The zero-order chi connectivity index (χ0) is 18.4. The van der Waals surface area contributed by atoms with E-state index in [9.17, 15) is 18.5 Å². The molecule has 10 heteroatoms. The van der Waals surface area contributed by atoms with Gasteiger partial charge in [0, 0.05) is 22.6 Å². The molecule has 0 aliphatic heterocycles. The Morgan fingerprint density at radius 3 is 2.28 bits per heavy atom.